The van der Waals surface area contributed by atoms with Crippen LogP contribution in [0.5, 0.6) is 0 Å². The van der Waals surface area contributed by atoms with E-state index < -0.39 is 0 Å². The van der Waals surface area contributed by atoms with E-state index in [1.807, 2.05) is 0 Å². The van der Waals surface area contributed by atoms with Crippen LogP contribution in [0.25, 0.3) is 0 Å². The van der Waals surface area contributed by atoms with Crippen LogP contribution in [-0.4, -0.2) is 34.7 Å². The quantitative estimate of drug-likeness (QED) is 0.725. The van der Waals surface area contributed by atoms with Crippen molar-refractivity contribution < 1.29 is 14.1 Å². The molecule has 102 valence electrons. The number of aromatic amines is 1. The van der Waals surface area contributed by atoms with Gasteiger partial charge in [0.05, 0.1) is 0 Å². The van der Waals surface area contributed by atoms with E-state index >= 15 is 0 Å². The Hall–Kier alpha value is -2.15. The third-order valence-corrected chi connectivity index (χ3v) is 2.51. The van der Waals surface area contributed by atoms with Gasteiger partial charge in [0.1, 0.15) is 12.4 Å². The number of hydrogen-bond donors (Lipinski definition) is 2. The van der Waals surface area contributed by atoms with E-state index in [9.17, 15) is 4.79 Å². The van der Waals surface area contributed by atoms with Crippen molar-refractivity contribution in [1.82, 2.24) is 20.4 Å². The summed E-state index contributed by atoms with van der Waals surface area (Å²) in [6.07, 6.45) is 5.09. The number of ether oxygens (including phenoxy) is 1. The SMILES string of the molecule is COCc1cc(C(=O)NCCCc2ncc[nH]2)no1. The highest BCUT2D eigenvalue weighted by molar-refractivity contribution is 5.92. The van der Waals surface area contributed by atoms with Gasteiger partial charge in [0.15, 0.2) is 11.5 Å². The van der Waals surface area contributed by atoms with Gasteiger partial charge in [-0.3, -0.25) is 4.79 Å². The van der Waals surface area contributed by atoms with E-state index in [-0.39, 0.29) is 11.6 Å². The minimum Gasteiger partial charge on any atom is -0.377 e. The van der Waals surface area contributed by atoms with Crippen LogP contribution < -0.4 is 5.32 Å². The van der Waals surface area contributed by atoms with Crippen molar-refractivity contribution >= 4 is 5.91 Å². The number of H-pyrrole nitrogens is 1. The summed E-state index contributed by atoms with van der Waals surface area (Å²) < 4.78 is 9.83. The fourth-order valence-corrected chi connectivity index (χ4v) is 1.61. The predicted molar refractivity (Wildman–Crippen MR) is 66.5 cm³/mol. The Balaban J connectivity index is 1.71. The largest absolute Gasteiger partial charge is 0.377 e. The van der Waals surface area contributed by atoms with Gasteiger partial charge >= 0.3 is 0 Å². The normalized spacial score (nSPS) is 10.6. The van der Waals surface area contributed by atoms with Crippen molar-refractivity contribution in [3.05, 3.63) is 35.7 Å². The van der Waals surface area contributed by atoms with Gasteiger partial charge in [-0.15, -0.1) is 0 Å². The summed E-state index contributed by atoms with van der Waals surface area (Å²) in [5.41, 5.74) is 0.269. The maximum atomic E-state index is 11.7. The summed E-state index contributed by atoms with van der Waals surface area (Å²) in [7, 11) is 1.55. The second kappa shape index (κ2) is 6.69. The molecule has 19 heavy (non-hydrogen) atoms. The average molecular weight is 264 g/mol. The lowest BCUT2D eigenvalue weighted by atomic mass is 10.3. The van der Waals surface area contributed by atoms with Crippen LogP contribution in [0.3, 0.4) is 0 Å². The van der Waals surface area contributed by atoms with E-state index in [1.165, 1.54) is 0 Å². The Morgan fingerprint density at radius 2 is 2.47 bits per heavy atom. The van der Waals surface area contributed by atoms with Gasteiger partial charge < -0.3 is 19.6 Å². The average Bonchev–Trinajstić information content (AvgIpc) is 3.06. The molecule has 0 saturated heterocycles. The first kappa shape index (κ1) is 13.3. The highest BCUT2D eigenvalue weighted by Gasteiger charge is 2.11. The van der Waals surface area contributed by atoms with Gasteiger partial charge in [-0.05, 0) is 6.42 Å². The number of amides is 1. The summed E-state index contributed by atoms with van der Waals surface area (Å²) in [6.45, 7) is 0.866. The number of aromatic nitrogens is 3. The third-order valence-electron chi connectivity index (χ3n) is 2.51. The number of nitrogens with one attached hydrogen (secondary N) is 2. The number of hydrogen-bond acceptors (Lipinski definition) is 5. The maximum absolute atomic E-state index is 11.7. The molecule has 7 nitrogen and oxygen atoms in total. The molecule has 0 atom stereocenters. The molecule has 0 spiro atoms. The van der Waals surface area contributed by atoms with E-state index in [4.69, 9.17) is 9.26 Å². The number of nitrogens with zero attached hydrogens (tertiary/aromatic N) is 2. The molecule has 0 saturated carbocycles. The second-order valence-electron chi connectivity index (χ2n) is 4.01. The Morgan fingerprint density at radius 3 is 3.21 bits per heavy atom. The molecule has 0 radical (unpaired) electrons. The molecule has 0 aliphatic heterocycles. The molecular formula is C12H16N4O3. The lowest BCUT2D eigenvalue weighted by Gasteiger charge is -2.01. The topological polar surface area (TPSA) is 93.0 Å². The van der Waals surface area contributed by atoms with Gasteiger partial charge in [0, 0.05) is 38.5 Å². The first-order valence-electron chi connectivity index (χ1n) is 6.00. The molecule has 1 amide bonds. The molecule has 2 heterocycles. The Bertz CT molecular complexity index is 507. The lowest BCUT2D eigenvalue weighted by molar-refractivity contribution is 0.0943. The summed E-state index contributed by atoms with van der Waals surface area (Å²) in [6, 6.07) is 1.57. The molecule has 2 rings (SSSR count). The molecule has 2 N–H and O–H groups in total. The highest BCUT2D eigenvalue weighted by Crippen LogP contribution is 2.04. The van der Waals surface area contributed by atoms with Crippen LogP contribution in [0.2, 0.25) is 0 Å². The van der Waals surface area contributed by atoms with E-state index in [0.717, 1.165) is 18.7 Å². The molecule has 0 aliphatic rings. The molecular weight excluding hydrogens is 248 g/mol. The van der Waals surface area contributed by atoms with E-state index in [0.29, 0.717) is 18.9 Å². The molecule has 2 aromatic rings. The first-order valence-corrected chi connectivity index (χ1v) is 6.00. The van der Waals surface area contributed by atoms with Crippen LogP contribution in [0, 0.1) is 0 Å². The van der Waals surface area contributed by atoms with Crippen molar-refractivity contribution in [3.8, 4) is 0 Å². The molecule has 0 bridgehead atoms. The highest BCUT2D eigenvalue weighted by atomic mass is 16.5. The van der Waals surface area contributed by atoms with Crippen LogP contribution in [0.15, 0.2) is 23.0 Å². The predicted octanol–water partition coefficient (Wildman–Crippen LogP) is 0.907. The summed E-state index contributed by atoms with van der Waals surface area (Å²) in [4.78, 5) is 18.8. The van der Waals surface area contributed by atoms with E-state index in [1.54, 1.807) is 25.6 Å². The fraction of sp³-hybridized carbons (Fsp3) is 0.417. The molecule has 7 heteroatoms. The van der Waals surface area contributed by atoms with Crippen LogP contribution >= 0.6 is 0 Å². The van der Waals surface area contributed by atoms with Gasteiger partial charge in [-0.2, -0.15) is 0 Å². The van der Waals surface area contributed by atoms with Gasteiger partial charge in [-0.25, -0.2) is 4.98 Å². The number of aryl methyl sites for hydroxylation is 1. The van der Waals surface area contributed by atoms with Gasteiger partial charge in [0.2, 0.25) is 0 Å². The Labute approximate surface area is 110 Å². The number of rotatable bonds is 7. The van der Waals surface area contributed by atoms with Crippen molar-refractivity contribution in [1.29, 1.82) is 0 Å². The minimum atomic E-state index is -0.245. The monoisotopic (exact) mass is 264 g/mol. The van der Waals surface area contributed by atoms with Crippen molar-refractivity contribution in [3.63, 3.8) is 0 Å². The summed E-state index contributed by atoms with van der Waals surface area (Å²) >= 11 is 0. The molecule has 0 fully saturated rings. The zero-order chi connectivity index (χ0) is 13.5. The molecule has 0 unspecified atom stereocenters. The Kier molecular flexibility index (Phi) is 4.68. The summed E-state index contributed by atoms with van der Waals surface area (Å²) in [5, 5.41) is 6.45. The van der Waals surface area contributed by atoms with Crippen LogP contribution in [0.4, 0.5) is 0 Å². The minimum absolute atomic E-state index is 0.245. The summed E-state index contributed by atoms with van der Waals surface area (Å²) in [5.74, 6) is 1.20. The Morgan fingerprint density at radius 1 is 1.58 bits per heavy atom. The number of carbonyl (C=O) groups is 1. The number of carbonyl (C=O) groups excluding carboxylic acids is 1. The van der Waals surface area contributed by atoms with Crippen LogP contribution in [-0.2, 0) is 17.8 Å². The molecule has 0 aliphatic carbocycles. The standard InChI is InChI=1S/C12H16N4O3/c1-18-8-9-7-10(16-19-9)12(17)15-4-2-3-11-13-5-6-14-11/h5-7H,2-4,8H2,1H3,(H,13,14)(H,15,17). The van der Waals surface area contributed by atoms with Crippen LogP contribution in [0.1, 0.15) is 28.5 Å². The van der Waals surface area contributed by atoms with E-state index in [2.05, 4.69) is 20.4 Å². The smallest absolute Gasteiger partial charge is 0.273 e. The maximum Gasteiger partial charge on any atom is 0.273 e. The second-order valence-corrected chi connectivity index (χ2v) is 4.01. The zero-order valence-corrected chi connectivity index (χ0v) is 10.7. The molecule has 0 aromatic carbocycles. The number of methoxy groups -OCH3 is 1. The molecule has 2 aromatic heterocycles. The van der Waals surface area contributed by atoms with Crippen molar-refractivity contribution in [2.24, 2.45) is 0 Å². The third kappa shape index (κ3) is 3.92. The lowest BCUT2D eigenvalue weighted by Crippen LogP contribution is -2.25. The van der Waals surface area contributed by atoms with Gasteiger partial charge in [-0.1, -0.05) is 5.16 Å². The zero-order valence-electron chi connectivity index (χ0n) is 10.7. The first-order chi connectivity index (χ1) is 9.29. The number of imidazole rings is 1. The van der Waals surface area contributed by atoms with Crippen molar-refractivity contribution in [2.75, 3.05) is 13.7 Å². The van der Waals surface area contributed by atoms with Crippen molar-refractivity contribution in [2.45, 2.75) is 19.4 Å². The van der Waals surface area contributed by atoms with Gasteiger partial charge in [0.25, 0.3) is 5.91 Å². The fourth-order valence-electron chi connectivity index (χ4n) is 1.61.